The number of nitrogens with zero attached hydrogens (tertiary/aromatic N) is 1. The molecular formula is C15H18BrNOS. The van der Waals surface area contributed by atoms with E-state index in [1.165, 1.54) is 30.6 Å². The van der Waals surface area contributed by atoms with Gasteiger partial charge in [-0.05, 0) is 55.9 Å². The Kier molecular flexibility index (Phi) is 4.18. The van der Waals surface area contributed by atoms with Crippen molar-refractivity contribution in [3.05, 3.63) is 28.7 Å². The van der Waals surface area contributed by atoms with Crippen molar-refractivity contribution >= 4 is 33.6 Å². The minimum Gasteiger partial charge on any atom is -0.339 e. The van der Waals surface area contributed by atoms with Crippen molar-refractivity contribution in [2.24, 2.45) is 5.92 Å². The quantitative estimate of drug-likeness (QED) is 0.731. The van der Waals surface area contributed by atoms with Crippen LogP contribution in [0.3, 0.4) is 0 Å². The Morgan fingerprint density at radius 1 is 1.21 bits per heavy atom. The van der Waals surface area contributed by atoms with Gasteiger partial charge in [0.25, 0.3) is 0 Å². The zero-order chi connectivity index (χ0) is 13.2. The Bertz CT molecular complexity index is 454. The van der Waals surface area contributed by atoms with E-state index >= 15 is 0 Å². The van der Waals surface area contributed by atoms with E-state index in [1.807, 2.05) is 12.1 Å². The van der Waals surface area contributed by atoms with E-state index in [-0.39, 0.29) is 0 Å². The van der Waals surface area contributed by atoms with Crippen LogP contribution in [-0.2, 0) is 4.79 Å². The van der Waals surface area contributed by atoms with Gasteiger partial charge < -0.3 is 4.90 Å². The molecule has 2 fully saturated rings. The summed E-state index contributed by atoms with van der Waals surface area (Å²) in [4.78, 5) is 15.6. The zero-order valence-corrected chi connectivity index (χ0v) is 13.3. The lowest BCUT2D eigenvalue weighted by Gasteiger charge is -2.22. The van der Waals surface area contributed by atoms with Gasteiger partial charge in [-0.2, -0.15) is 0 Å². The van der Waals surface area contributed by atoms with Gasteiger partial charge in [0.15, 0.2) is 0 Å². The van der Waals surface area contributed by atoms with Gasteiger partial charge >= 0.3 is 0 Å². The molecule has 2 saturated carbocycles. The second-order valence-corrected chi connectivity index (χ2v) is 7.43. The van der Waals surface area contributed by atoms with Crippen LogP contribution in [0.2, 0.25) is 0 Å². The van der Waals surface area contributed by atoms with Crippen molar-refractivity contribution in [2.75, 3.05) is 12.3 Å². The molecule has 1 amide bonds. The van der Waals surface area contributed by atoms with Gasteiger partial charge in [-0.3, -0.25) is 4.79 Å². The number of halogens is 1. The summed E-state index contributed by atoms with van der Waals surface area (Å²) in [5.41, 5.74) is 0. The molecule has 2 nitrogen and oxygen atoms in total. The van der Waals surface area contributed by atoms with E-state index < -0.39 is 0 Å². The molecule has 0 aliphatic heterocycles. The first-order chi connectivity index (χ1) is 9.22. The van der Waals surface area contributed by atoms with E-state index in [0.29, 0.717) is 17.7 Å². The molecule has 2 aliphatic carbocycles. The van der Waals surface area contributed by atoms with Gasteiger partial charge in [0.2, 0.25) is 5.91 Å². The predicted molar refractivity (Wildman–Crippen MR) is 82.3 cm³/mol. The topological polar surface area (TPSA) is 20.3 Å². The summed E-state index contributed by atoms with van der Waals surface area (Å²) >= 11 is 5.07. The van der Waals surface area contributed by atoms with Crippen LogP contribution >= 0.6 is 27.7 Å². The molecule has 0 aromatic heterocycles. The van der Waals surface area contributed by atoms with Crippen molar-refractivity contribution in [3.8, 4) is 0 Å². The Morgan fingerprint density at radius 3 is 2.47 bits per heavy atom. The third-order valence-corrected chi connectivity index (χ3v) is 5.16. The SMILES string of the molecule is O=C(CSc1ccc(Br)cc1)N(CC1CC1)C1CC1. The number of carbonyl (C=O) groups is 1. The zero-order valence-electron chi connectivity index (χ0n) is 10.8. The molecule has 19 heavy (non-hydrogen) atoms. The fourth-order valence-corrected chi connectivity index (χ4v) is 3.23. The van der Waals surface area contributed by atoms with Crippen molar-refractivity contribution in [3.63, 3.8) is 0 Å². The highest BCUT2D eigenvalue weighted by Gasteiger charge is 2.36. The molecule has 102 valence electrons. The monoisotopic (exact) mass is 339 g/mol. The smallest absolute Gasteiger partial charge is 0.233 e. The minimum atomic E-state index is 0.322. The van der Waals surface area contributed by atoms with Crippen LogP contribution in [0.25, 0.3) is 0 Å². The first kappa shape index (κ1) is 13.5. The molecule has 1 aromatic carbocycles. The summed E-state index contributed by atoms with van der Waals surface area (Å²) in [5, 5.41) is 0. The summed E-state index contributed by atoms with van der Waals surface area (Å²) in [6.07, 6.45) is 5.05. The first-order valence-corrected chi connectivity index (χ1v) is 8.68. The van der Waals surface area contributed by atoms with Gasteiger partial charge in [0.05, 0.1) is 5.75 Å². The third kappa shape index (κ3) is 3.99. The Labute approximate surface area is 127 Å². The molecule has 0 unspecified atom stereocenters. The van der Waals surface area contributed by atoms with Crippen LogP contribution in [0.4, 0.5) is 0 Å². The number of rotatable bonds is 6. The lowest BCUT2D eigenvalue weighted by Crippen LogP contribution is -2.36. The van der Waals surface area contributed by atoms with Gasteiger partial charge in [0.1, 0.15) is 0 Å². The summed E-state index contributed by atoms with van der Waals surface area (Å²) in [7, 11) is 0. The van der Waals surface area contributed by atoms with Crippen molar-refractivity contribution in [1.29, 1.82) is 0 Å². The fourth-order valence-electron chi connectivity index (χ4n) is 2.18. The fraction of sp³-hybridized carbons (Fsp3) is 0.533. The Morgan fingerprint density at radius 2 is 1.89 bits per heavy atom. The average Bonchev–Trinajstić information content (AvgIpc) is 3.27. The highest BCUT2D eigenvalue weighted by atomic mass is 79.9. The molecule has 0 spiro atoms. The Balaban J connectivity index is 1.52. The number of hydrogen-bond donors (Lipinski definition) is 0. The number of carbonyl (C=O) groups excluding carboxylic acids is 1. The summed E-state index contributed by atoms with van der Waals surface area (Å²) < 4.78 is 1.08. The van der Waals surface area contributed by atoms with Crippen LogP contribution < -0.4 is 0 Å². The van der Waals surface area contributed by atoms with E-state index in [4.69, 9.17) is 0 Å². The molecule has 0 atom stereocenters. The van der Waals surface area contributed by atoms with E-state index in [0.717, 1.165) is 16.9 Å². The minimum absolute atomic E-state index is 0.322. The van der Waals surface area contributed by atoms with Gasteiger partial charge in [-0.1, -0.05) is 15.9 Å². The van der Waals surface area contributed by atoms with E-state index in [9.17, 15) is 4.79 Å². The second kappa shape index (κ2) is 5.88. The second-order valence-electron chi connectivity index (χ2n) is 5.46. The molecule has 2 aliphatic rings. The van der Waals surface area contributed by atoms with E-state index in [2.05, 4.69) is 33.0 Å². The molecule has 0 saturated heterocycles. The van der Waals surface area contributed by atoms with Crippen LogP contribution in [0, 0.1) is 5.92 Å². The summed E-state index contributed by atoms with van der Waals surface area (Å²) in [6, 6.07) is 8.72. The molecule has 3 rings (SSSR count). The van der Waals surface area contributed by atoms with Crippen LogP contribution in [0.15, 0.2) is 33.6 Å². The molecule has 0 heterocycles. The normalized spacial score (nSPS) is 18.4. The number of hydrogen-bond acceptors (Lipinski definition) is 2. The molecular weight excluding hydrogens is 322 g/mol. The average molecular weight is 340 g/mol. The molecule has 0 N–H and O–H groups in total. The third-order valence-electron chi connectivity index (χ3n) is 3.64. The maximum absolute atomic E-state index is 12.3. The maximum atomic E-state index is 12.3. The van der Waals surface area contributed by atoms with Crippen molar-refractivity contribution in [2.45, 2.75) is 36.6 Å². The standard InChI is InChI=1S/C15H18BrNOS/c16-12-3-7-14(8-4-12)19-10-15(18)17(13-5-6-13)9-11-1-2-11/h3-4,7-8,11,13H,1-2,5-6,9-10H2. The Hall–Kier alpha value is -0.480. The lowest BCUT2D eigenvalue weighted by atomic mass is 10.3. The number of thioether (sulfide) groups is 1. The van der Waals surface area contributed by atoms with Crippen LogP contribution in [0.5, 0.6) is 0 Å². The summed E-state index contributed by atoms with van der Waals surface area (Å²) in [5.74, 6) is 1.69. The molecule has 4 heteroatoms. The largest absolute Gasteiger partial charge is 0.339 e. The molecule has 0 bridgehead atoms. The van der Waals surface area contributed by atoms with Crippen LogP contribution in [0.1, 0.15) is 25.7 Å². The van der Waals surface area contributed by atoms with E-state index in [1.54, 1.807) is 11.8 Å². The van der Waals surface area contributed by atoms with Gasteiger partial charge in [-0.25, -0.2) is 0 Å². The predicted octanol–water partition coefficient (Wildman–Crippen LogP) is 3.94. The lowest BCUT2D eigenvalue weighted by molar-refractivity contribution is -0.129. The van der Waals surface area contributed by atoms with Crippen LogP contribution in [-0.4, -0.2) is 29.1 Å². The number of amides is 1. The van der Waals surface area contributed by atoms with Crippen molar-refractivity contribution in [1.82, 2.24) is 4.90 Å². The highest BCUT2D eigenvalue weighted by Crippen LogP contribution is 2.35. The molecule has 0 radical (unpaired) electrons. The number of benzene rings is 1. The highest BCUT2D eigenvalue weighted by molar-refractivity contribution is 9.10. The van der Waals surface area contributed by atoms with Gasteiger partial charge in [0, 0.05) is 22.0 Å². The van der Waals surface area contributed by atoms with Crippen molar-refractivity contribution < 1.29 is 4.79 Å². The summed E-state index contributed by atoms with van der Waals surface area (Å²) in [6.45, 7) is 1.00. The first-order valence-electron chi connectivity index (χ1n) is 6.90. The maximum Gasteiger partial charge on any atom is 0.233 e. The molecule has 1 aromatic rings. The van der Waals surface area contributed by atoms with Gasteiger partial charge in [-0.15, -0.1) is 11.8 Å².